The Morgan fingerprint density at radius 2 is 1.84 bits per heavy atom. The first-order valence-electron chi connectivity index (χ1n) is 17.3. The first-order chi connectivity index (χ1) is 23.5. The Labute approximate surface area is 297 Å². The molecule has 15 nitrogen and oxygen atoms in total. The number of anilines is 1. The monoisotopic (exact) mass is 735 g/mol. The lowest BCUT2D eigenvalue weighted by atomic mass is 10.0. The Bertz CT molecular complexity index is 1620. The number of allylic oxidation sites excluding steroid dienone is 1. The SMILES string of the molecule is CC(C)Nc1nc(C(=O)N[C@@H]2C[C@H]3C(=O)N[C@]4(C(=O)NS(=O)(=O)C5CC5)C[C@@H]4/C=C\CCCCC[C@H](NC(=O)OC(C)(C)C)C(=O)N3C2)cs1. The lowest BCUT2D eigenvalue weighted by Gasteiger charge is -2.30. The summed E-state index contributed by atoms with van der Waals surface area (Å²) in [6.45, 7) is 8.99. The second-order valence-corrected chi connectivity index (χ2v) is 17.8. The molecule has 1 aromatic rings. The molecule has 0 aromatic carbocycles. The molecule has 17 heteroatoms. The minimum Gasteiger partial charge on any atom is -0.444 e. The highest BCUT2D eigenvalue weighted by atomic mass is 32.2. The van der Waals surface area contributed by atoms with Gasteiger partial charge in [-0.1, -0.05) is 25.0 Å². The number of rotatable bonds is 8. The van der Waals surface area contributed by atoms with Crippen molar-refractivity contribution in [1.82, 2.24) is 30.6 Å². The van der Waals surface area contributed by atoms with Gasteiger partial charge < -0.3 is 30.9 Å². The summed E-state index contributed by atoms with van der Waals surface area (Å²) in [6, 6.07) is -2.71. The normalized spacial score (nSPS) is 28.2. The van der Waals surface area contributed by atoms with Gasteiger partial charge >= 0.3 is 6.09 Å². The summed E-state index contributed by atoms with van der Waals surface area (Å²) < 4.78 is 33.1. The van der Waals surface area contributed by atoms with Crippen molar-refractivity contribution in [1.29, 1.82) is 0 Å². The van der Waals surface area contributed by atoms with Crippen molar-refractivity contribution in [2.75, 3.05) is 11.9 Å². The molecule has 5 N–H and O–H groups in total. The Morgan fingerprint density at radius 3 is 2.52 bits per heavy atom. The number of nitrogens with one attached hydrogen (secondary N) is 5. The highest BCUT2D eigenvalue weighted by Crippen LogP contribution is 2.46. The molecule has 0 radical (unpaired) electrons. The summed E-state index contributed by atoms with van der Waals surface area (Å²) >= 11 is 1.28. The zero-order valence-corrected chi connectivity index (χ0v) is 30.9. The summed E-state index contributed by atoms with van der Waals surface area (Å²) in [6.07, 6.45) is 7.25. The molecule has 0 bridgehead atoms. The molecule has 5 atom stereocenters. The molecule has 2 aliphatic heterocycles. The van der Waals surface area contributed by atoms with Gasteiger partial charge in [0.05, 0.1) is 5.25 Å². The fraction of sp³-hybridized carbons (Fsp3) is 0.697. The fourth-order valence-electron chi connectivity index (χ4n) is 6.31. The van der Waals surface area contributed by atoms with Crippen molar-refractivity contribution < 1.29 is 37.1 Å². The van der Waals surface area contributed by atoms with E-state index in [2.05, 4.69) is 31.0 Å². The molecule has 1 aromatic heterocycles. The topological polar surface area (TPSA) is 205 Å². The van der Waals surface area contributed by atoms with Crippen LogP contribution in [-0.2, 0) is 29.1 Å². The van der Waals surface area contributed by atoms with Gasteiger partial charge in [-0.15, -0.1) is 11.3 Å². The molecule has 1 saturated heterocycles. The van der Waals surface area contributed by atoms with E-state index in [0.29, 0.717) is 37.2 Å². The van der Waals surface area contributed by atoms with Gasteiger partial charge in [0.2, 0.25) is 21.8 Å². The number of alkyl carbamates (subject to hydrolysis) is 1. The molecule has 5 rings (SSSR count). The van der Waals surface area contributed by atoms with Gasteiger partial charge in [0.15, 0.2) is 5.13 Å². The van der Waals surface area contributed by atoms with Gasteiger partial charge in [-0.25, -0.2) is 18.2 Å². The van der Waals surface area contributed by atoms with Crippen molar-refractivity contribution in [2.24, 2.45) is 5.92 Å². The maximum atomic E-state index is 14.3. The summed E-state index contributed by atoms with van der Waals surface area (Å²) in [4.78, 5) is 73.8. The number of carbonyl (C=O) groups is 5. The molecule has 2 aliphatic carbocycles. The number of fused-ring (bicyclic) bond motifs is 2. The van der Waals surface area contributed by atoms with Crippen LogP contribution in [0.2, 0.25) is 0 Å². The predicted molar refractivity (Wildman–Crippen MR) is 187 cm³/mol. The van der Waals surface area contributed by atoms with E-state index < -0.39 is 80.2 Å². The Kier molecular flexibility index (Phi) is 11.2. The first kappa shape index (κ1) is 37.5. The zero-order valence-electron chi connectivity index (χ0n) is 29.2. The van der Waals surface area contributed by atoms with Gasteiger partial charge in [0, 0.05) is 29.9 Å². The third-order valence-electron chi connectivity index (χ3n) is 9.06. The number of hydrogen-bond acceptors (Lipinski definition) is 11. The van der Waals surface area contributed by atoms with Gasteiger partial charge in [-0.3, -0.25) is 23.9 Å². The zero-order chi connectivity index (χ0) is 36.4. The largest absolute Gasteiger partial charge is 0.444 e. The maximum absolute atomic E-state index is 14.3. The van der Waals surface area contributed by atoms with E-state index in [-0.39, 0.29) is 31.1 Å². The third-order valence-corrected chi connectivity index (χ3v) is 11.6. The summed E-state index contributed by atoms with van der Waals surface area (Å²) in [7, 11) is -3.89. The molecular formula is C33H49N7O8S2. The molecule has 276 valence electrons. The second-order valence-electron chi connectivity index (χ2n) is 15.0. The standard InChI is InChI=1S/C33H49N7O8S2/c1-19(2)34-30-36-24(18-49-30)26(41)35-21-15-25-27(42)38-33(29(44)39-50(46,47)22-13-14-22)16-20(33)11-9-7-6-8-10-12-23(28(43)40(25)17-21)37-31(45)48-32(3,4)5/h9,11,18-23,25H,6-8,10,12-17H2,1-5H3,(H,34,36)(H,35,41)(H,37,45)(H,38,42)(H,39,44)/b11-9-/t20-,21+,23-,25-,33+/m0/s1. The number of carbonyl (C=O) groups excluding carboxylic acids is 5. The van der Waals surface area contributed by atoms with Crippen LogP contribution in [0.1, 0.15) is 103 Å². The molecule has 4 aliphatic rings. The van der Waals surface area contributed by atoms with Crippen molar-refractivity contribution in [3.05, 3.63) is 23.2 Å². The Hall–Kier alpha value is -3.73. The number of thiazole rings is 1. The van der Waals surface area contributed by atoms with Crippen LogP contribution in [0.15, 0.2) is 17.5 Å². The van der Waals surface area contributed by atoms with E-state index in [9.17, 15) is 32.4 Å². The van der Waals surface area contributed by atoms with Crippen molar-refractivity contribution in [3.63, 3.8) is 0 Å². The minimum absolute atomic E-state index is 0.0162. The van der Waals surface area contributed by atoms with E-state index in [4.69, 9.17) is 4.74 Å². The summed E-state index contributed by atoms with van der Waals surface area (Å²) in [5.74, 6) is -2.91. The smallest absolute Gasteiger partial charge is 0.408 e. The molecule has 3 fully saturated rings. The van der Waals surface area contributed by atoms with Crippen molar-refractivity contribution in [2.45, 2.75) is 133 Å². The first-order valence-corrected chi connectivity index (χ1v) is 19.8. The molecule has 3 heterocycles. The number of amides is 5. The molecule has 2 saturated carbocycles. The van der Waals surface area contributed by atoms with E-state index in [1.54, 1.807) is 26.2 Å². The van der Waals surface area contributed by atoms with E-state index in [1.165, 1.54) is 16.2 Å². The lowest BCUT2D eigenvalue weighted by molar-refractivity contribution is -0.141. The van der Waals surface area contributed by atoms with Crippen LogP contribution in [0.5, 0.6) is 0 Å². The number of ether oxygens (including phenoxy) is 1. The number of nitrogens with zero attached hydrogens (tertiary/aromatic N) is 2. The number of sulfonamides is 1. The van der Waals surface area contributed by atoms with E-state index in [1.807, 2.05) is 26.0 Å². The summed E-state index contributed by atoms with van der Waals surface area (Å²) in [5.41, 5.74) is -2.14. The van der Waals surface area contributed by atoms with Crippen LogP contribution in [0.25, 0.3) is 0 Å². The van der Waals surface area contributed by atoms with Gasteiger partial charge in [-0.05, 0) is 79.6 Å². The number of aromatic nitrogens is 1. The molecule has 0 spiro atoms. The molecule has 50 heavy (non-hydrogen) atoms. The van der Waals surface area contributed by atoms with Crippen LogP contribution in [-0.4, -0.2) is 95.1 Å². The highest BCUT2D eigenvalue weighted by Gasteiger charge is 2.62. The molecule has 5 amide bonds. The fourth-order valence-corrected chi connectivity index (χ4v) is 8.51. The van der Waals surface area contributed by atoms with E-state index >= 15 is 0 Å². The minimum atomic E-state index is -3.89. The van der Waals surface area contributed by atoms with Crippen LogP contribution in [0, 0.1) is 5.92 Å². The van der Waals surface area contributed by atoms with Gasteiger partial charge in [-0.2, -0.15) is 0 Å². The average molecular weight is 736 g/mol. The van der Waals surface area contributed by atoms with Gasteiger partial charge in [0.25, 0.3) is 11.8 Å². The third kappa shape index (κ3) is 9.33. The van der Waals surface area contributed by atoms with Crippen molar-refractivity contribution >= 4 is 56.2 Å². The van der Waals surface area contributed by atoms with Crippen LogP contribution >= 0.6 is 11.3 Å². The second kappa shape index (κ2) is 14.9. The highest BCUT2D eigenvalue weighted by molar-refractivity contribution is 7.91. The van der Waals surface area contributed by atoms with Crippen LogP contribution in [0.4, 0.5) is 9.93 Å². The lowest BCUT2D eigenvalue weighted by Crippen LogP contribution is -2.58. The number of hydrogen-bond donors (Lipinski definition) is 5. The van der Waals surface area contributed by atoms with E-state index in [0.717, 1.165) is 12.8 Å². The Balaban J connectivity index is 1.41. The quantitative estimate of drug-likeness (QED) is 0.247. The molecular weight excluding hydrogens is 687 g/mol. The Morgan fingerprint density at radius 1 is 1.10 bits per heavy atom. The van der Waals surface area contributed by atoms with Gasteiger partial charge in [0.1, 0.15) is 28.9 Å². The maximum Gasteiger partial charge on any atom is 0.408 e. The van der Waals surface area contributed by atoms with Crippen LogP contribution < -0.4 is 26.0 Å². The summed E-state index contributed by atoms with van der Waals surface area (Å²) in [5, 5.41) is 13.1. The predicted octanol–water partition coefficient (Wildman–Crippen LogP) is 2.56. The molecule has 0 unspecified atom stereocenters. The van der Waals surface area contributed by atoms with Crippen molar-refractivity contribution in [3.8, 4) is 0 Å². The van der Waals surface area contributed by atoms with Crippen LogP contribution in [0.3, 0.4) is 0 Å². The average Bonchev–Trinajstić information content (AvgIpc) is 3.89.